The molecule has 17 heavy (non-hydrogen) atoms. The Hall–Kier alpha value is -1.51. The van der Waals surface area contributed by atoms with E-state index in [9.17, 15) is 9.90 Å². The highest BCUT2D eigenvalue weighted by molar-refractivity contribution is 5.73. The fourth-order valence-electron chi connectivity index (χ4n) is 3.30. The largest absolute Gasteiger partial charge is 0.481 e. The molecule has 1 aromatic rings. The lowest BCUT2D eigenvalue weighted by molar-refractivity contribution is -0.141. The number of carboxylic acids is 1. The Labute approximate surface area is 101 Å². The maximum Gasteiger partial charge on any atom is 0.308 e. The molecule has 1 heterocycles. The number of nitrogens with one attached hydrogen (secondary N) is 1. The second kappa shape index (κ2) is 3.76. The predicted octanol–water partition coefficient (Wildman–Crippen LogP) is 2.44. The van der Waals surface area contributed by atoms with Crippen LogP contribution in [-0.2, 0) is 11.2 Å². The van der Waals surface area contributed by atoms with Crippen molar-refractivity contribution in [2.24, 2.45) is 11.8 Å². The number of carbonyl (C=O) groups is 1. The van der Waals surface area contributed by atoms with E-state index in [1.165, 1.54) is 11.1 Å². The van der Waals surface area contributed by atoms with E-state index < -0.39 is 5.97 Å². The molecule has 1 aliphatic heterocycles. The molecule has 1 fully saturated rings. The molecule has 0 saturated heterocycles. The van der Waals surface area contributed by atoms with Crippen LogP contribution < -0.4 is 5.32 Å². The Bertz CT molecular complexity index is 469. The number of hydrogen-bond donors (Lipinski definition) is 2. The third-order valence-corrected chi connectivity index (χ3v) is 4.17. The number of aryl methyl sites for hydroxylation is 1. The number of aliphatic carboxylic acids is 1. The highest BCUT2D eigenvalue weighted by Gasteiger charge is 2.42. The molecule has 0 aromatic heterocycles. The first-order chi connectivity index (χ1) is 8.15. The molecular weight excluding hydrogens is 214 g/mol. The van der Waals surface area contributed by atoms with Crippen molar-refractivity contribution in [3.05, 3.63) is 29.3 Å². The molecule has 3 heteroatoms. The van der Waals surface area contributed by atoms with Gasteiger partial charge in [-0.05, 0) is 43.7 Å². The van der Waals surface area contributed by atoms with Crippen LogP contribution in [-0.4, -0.2) is 17.1 Å². The van der Waals surface area contributed by atoms with Gasteiger partial charge in [-0.15, -0.1) is 0 Å². The zero-order valence-electron chi connectivity index (χ0n) is 9.94. The van der Waals surface area contributed by atoms with Crippen LogP contribution in [0, 0.1) is 18.8 Å². The lowest BCUT2D eigenvalue weighted by atomic mass is 9.86. The number of hydrogen-bond acceptors (Lipinski definition) is 2. The summed E-state index contributed by atoms with van der Waals surface area (Å²) in [5.74, 6) is -0.375. The molecule has 1 aliphatic carbocycles. The molecule has 0 spiro atoms. The van der Waals surface area contributed by atoms with Crippen molar-refractivity contribution in [2.75, 3.05) is 5.32 Å². The average Bonchev–Trinajstić information content (AvgIpc) is 2.68. The van der Waals surface area contributed by atoms with Gasteiger partial charge >= 0.3 is 5.97 Å². The molecule has 3 nitrogen and oxygen atoms in total. The SMILES string of the molecule is Cc1ccc2c(c1)CC1CCC(C(=O)O)C1N2. The van der Waals surface area contributed by atoms with Gasteiger partial charge in [0.1, 0.15) is 0 Å². The van der Waals surface area contributed by atoms with E-state index in [1.807, 2.05) is 0 Å². The predicted molar refractivity (Wildman–Crippen MR) is 66.1 cm³/mol. The lowest BCUT2D eigenvalue weighted by Gasteiger charge is -2.32. The number of carboxylic acid groups (broad SMARTS) is 1. The quantitative estimate of drug-likeness (QED) is 0.780. The minimum Gasteiger partial charge on any atom is -0.481 e. The first-order valence-corrected chi connectivity index (χ1v) is 6.24. The molecular formula is C14H17NO2. The number of benzene rings is 1. The first kappa shape index (κ1) is 10.6. The van der Waals surface area contributed by atoms with Gasteiger partial charge in [-0.2, -0.15) is 0 Å². The highest BCUT2D eigenvalue weighted by Crippen LogP contribution is 2.41. The number of fused-ring (bicyclic) bond motifs is 2. The van der Waals surface area contributed by atoms with Gasteiger partial charge in [-0.25, -0.2) is 0 Å². The maximum absolute atomic E-state index is 11.2. The van der Waals surface area contributed by atoms with Crippen LogP contribution in [0.3, 0.4) is 0 Å². The smallest absolute Gasteiger partial charge is 0.308 e. The third-order valence-electron chi connectivity index (χ3n) is 4.17. The van der Waals surface area contributed by atoms with E-state index in [0.29, 0.717) is 5.92 Å². The summed E-state index contributed by atoms with van der Waals surface area (Å²) in [5, 5.41) is 12.6. The fourth-order valence-corrected chi connectivity index (χ4v) is 3.30. The summed E-state index contributed by atoms with van der Waals surface area (Å²) in [6.07, 6.45) is 2.87. The van der Waals surface area contributed by atoms with Gasteiger partial charge in [-0.3, -0.25) is 4.79 Å². The molecule has 90 valence electrons. The van der Waals surface area contributed by atoms with E-state index in [1.54, 1.807) is 0 Å². The molecule has 0 bridgehead atoms. The molecule has 2 N–H and O–H groups in total. The molecule has 0 radical (unpaired) electrons. The minimum absolute atomic E-state index is 0.128. The molecule has 3 atom stereocenters. The molecule has 3 rings (SSSR count). The summed E-state index contributed by atoms with van der Waals surface area (Å²) < 4.78 is 0. The minimum atomic E-state index is -0.652. The monoisotopic (exact) mass is 231 g/mol. The zero-order chi connectivity index (χ0) is 12.0. The van der Waals surface area contributed by atoms with Crippen LogP contribution in [0.1, 0.15) is 24.0 Å². The molecule has 2 aliphatic rings. The zero-order valence-corrected chi connectivity index (χ0v) is 9.94. The van der Waals surface area contributed by atoms with Crippen LogP contribution in [0.25, 0.3) is 0 Å². The molecule has 0 amide bonds. The average molecular weight is 231 g/mol. The third kappa shape index (κ3) is 1.70. The maximum atomic E-state index is 11.2. The summed E-state index contributed by atoms with van der Waals surface area (Å²) >= 11 is 0. The van der Waals surface area contributed by atoms with E-state index in [-0.39, 0.29) is 12.0 Å². The van der Waals surface area contributed by atoms with E-state index >= 15 is 0 Å². The van der Waals surface area contributed by atoms with Crippen molar-refractivity contribution in [1.82, 2.24) is 0 Å². The van der Waals surface area contributed by atoms with Gasteiger partial charge in [-0.1, -0.05) is 17.7 Å². The summed E-state index contributed by atoms with van der Waals surface area (Å²) in [6, 6.07) is 6.50. The van der Waals surface area contributed by atoms with Crippen LogP contribution >= 0.6 is 0 Å². The van der Waals surface area contributed by atoms with E-state index in [4.69, 9.17) is 0 Å². The molecule has 1 saturated carbocycles. The fraction of sp³-hybridized carbons (Fsp3) is 0.500. The Morgan fingerprint density at radius 2 is 2.24 bits per heavy atom. The van der Waals surface area contributed by atoms with E-state index in [0.717, 1.165) is 24.9 Å². The second-order valence-electron chi connectivity index (χ2n) is 5.32. The van der Waals surface area contributed by atoms with Crippen molar-refractivity contribution < 1.29 is 9.90 Å². The molecule has 1 aromatic carbocycles. The highest BCUT2D eigenvalue weighted by atomic mass is 16.4. The Balaban J connectivity index is 1.92. The summed E-state index contributed by atoms with van der Waals surface area (Å²) in [6.45, 7) is 2.10. The Kier molecular flexibility index (Phi) is 2.35. The summed E-state index contributed by atoms with van der Waals surface area (Å²) in [5.41, 5.74) is 3.75. The van der Waals surface area contributed by atoms with Crippen molar-refractivity contribution in [2.45, 2.75) is 32.2 Å². The van der Waals surface area contributed by atoms with Crippen molar-refractivity contribution in [1.29, 1.82) is 0 Å². The van der Waals surface area contributed by atoms with Crippen LogP contribution in [0.5, 0.6) is 0 Å². The number of anilines is 1. The van der Waals surface area contributed by atoms with E-state index in [2.05, 4.69) is 30.4 Å². The van der Waals surface area contributed by atoms with Gasteiger partial charge < -0.3 is 10.4 Å². The van der Waals surface area contributed by atoms with Crippen LogP contribution in [0.15, 0.2) is 18.2 Å². The lowest BCUT2D eigenvalue weighted by Crippen LogP contribution is -2.38. The summed E-state index contributed by atoms with van der Waals surface area (Å²) in [4.78, 5) is 11.2. The van der Waals surface area contributed by atoms with Gasteiger partial charge in [0.25, 0.3) is 0 Å². The summed E-state index contributed by atoms with van der Waals surface area (Å²) in [7, 11) is 0. The van der Waals surface area contributed by atoms with Crippen molar-refractivity contribution in [3.63, 3.8) is 0 Å². The van der Waals surface area contributed by atoms with Crippen molar-refractivity contribution in [3.8, 4) is 0 Å². The second-order valence-corrected chi connectivity index (χ2v) is 5.32. The number of rotatable bonds is 1. The van der Waals surface area contributed by atoms with Gasteiger partial charge in [0.15, 0.2) is 0 Å². The van der Waals surface area contributed by atoms with Gasteiger partial charge in [0, 0.05) is 11.7 Å². The van der Waals surface area contributed by atoms with Gasteiger partial charge in [0.05, 0.1) is 5.92 Å². The van der Waals surface area contributed by atoms with Crippen LogP contribution in [0.4, 0.5) is 5.69 Å². The first-order valence-electron chi connectivity index (χ1n) is 6.24. The normalized spacial score (nSPS) is 30.3. The Morgan fingerprint density at radius 3 is 3.00 bits per heavy atom. The molecule has 3 unspecified atom stereocenters. The Morgan fingerprint density at radius 1 is 1.41 bits per heavy atom. The topological polar surface area (TPSA) is 49.3 Å². The van der Waals surface area contributed by atoms with Crippen LogP contribution in [0.2, 0.25) is 0 Å². The van der Waals surface area contributed by atoms with Crippen molar-refractivity contribution >= 4 is 11.7 Å². The standard InChI is InChI=1S/C14H17NO2/c1-8-2-5-12-10(6-8)7-9-3-4-11(14(16)17)13(9)15-12/h2,5-6,9,11,13,15H,3-4,7H2,1H3,(H,16,17). The van der Waals surface area contributed by atoms with Gasteiger partial charge in [0.2, 0.25) is 0 Å².